The minimum absolute atomic E-state index is 0.264. The van der Waals surface area contributed by atoms with Gasteiger partial charge in [0.15, 0.2) is 0 Å². The van der Waals surface area contributed by atoms with E-state index in [0.717, 1.165) is 38.0 Å². The fourth-order valence-corrected chi connectivity index (χ4v) is 3.23. The van der Waals surface area contributed by atoms with Gasteiger partial charge >= 0.3 is 6.18 Å². The fraction of sp³-hybridized carbons (Fsp3) is 0.625. The summed E-state index contributed by atoms with van der Waals surface area (Å²) in [6.45, 7) is 2.91. The molecule has 118 valence electrons. The molecule has 1 N–H and O–H groups in total. The molecule has 1 heterocycles. The molecule has 0 bridgehead atoms. The minimum Gasteiger partial charge on any atom is -0.319 e. The van der Waals surface area contributed by atoms with Crippen molar-refractivity contribution in [3.05, 3.63) is 35.4 Å². The summed E-state index contributed by atoms with van der Waals surface area (Å²) in [4.78, 5) is 2.31. The van der Waals surface area contributed by atoms with Crippen molar-refractivity contribution < 1.29 is 13.2 Å². The number of hydrogen-bond acceptors (Lipinski definition) is 2. The lowest BCUT2D eigenvalue weighted by molar-refractivity contribution is -0.137. The first kappa shape index (κ1) is 16.3. The Hall–Kier alpha value is -1.07. The van der Waals surface area contributed by atoms with Crippen LogP contribution in [0, 0.1) is 5.92 Å². The Morgan fingerprint density at radius 3 is 2.48 bits per heavy atom. The topological polar surface area (TPSA) is 15.3 Å². The lowest BCUT2D eigenvalue weighted by atomic mass is 9.81. The zero-order valence-electron chi connectivity index (χ0n) is 12.6. The summed E-state index contributed by atoms with van der Waals surface area (Å²) < 4.78 is 38.0. The second-order valence-electron chi connectivity index (χ2n) is 5.95. The second kappa shape index (κ2) is 6.79. The molecule has 0 amide bonds. The smallest absolute Gasteiger partial charge is 0.319 e. The standard InChI is InChI=1S/C16H23F3N2/c1-20-10-15(13-4-3-9-21(2)11-13)12-5-7-14(8-6-12)16(17,18)19/h5-8,13,15,20H,3-4,9-11H2,1-2H3. The van der Waals surface area contributed by atoms with Gasteiger partial charge < -0.3 is 10.2 Å². The number of alkyl halides is 3. The van der Waals surface area contributed by atoms with E-state index in [4.69, 9.17) is 0 Å². The van der Waals surface area contributed by atoms with Crippen LogP contribution in [0.5, 0.6) is 0 Å². The summed E-state index contributed by atoms with van der Waals surface area (Å²) in [6.07, 6.45) is -1.97. The molecule has 2 atom stereocenters. The molecule has 5 heteroatoms. The van der Waals surface area contributed by atoms with Crippen LogP contribution in [-0.4, -0.2) is 38.6 Å². The average molecular weight is 300 g/mol. The summed E-state index contributed by atoms with van der Waals surface area (Å²) >= 11 is 0. The maximum absolute atomic E-state index is 12.7. The van der Waals surface area contributed by atoms with Gasteiger partial charge in [-0.25, -0.2) is 0 Å². The Balaban J connectivity index is 2.17. The van der Waals surface area contributed by atoms with Crippen LogP contribution in [0.2, 0.25) is 0 Å². The molecule has 2 nitrogen and oxygen atoms in total. The first-order chi connectivity index (χ1) is 9.91. The van der Waals surface area contributed by atoms with Crippen molar-refractivity contribution in [1.82, 2.24) is 10.2 Å². The minimum atomic E-state index is -4.26. The third-order valence-electron chi connectivity index (χ3n) is 4.32. The van der Waals surface area contributed by atoms with E-state index in [1.54, 1.807) is 12.1 Å². The summed E-state index contributed by atoms with van der Waals surface area (Å²) in [5.41, 5.74) is 0.424. The predicted molar refractivity (Wildman–Crippen MR) is 78.3 cm³/mol. The molecular formula is C16H23F3N2. The summed E-state index contributed by atoms with van der Waals surface area (Å²) in [7, 11) is 4.00. The number of likely N-dealkylation sites (N-methyl/N-ethyl adjacent to an activating group) is 1. The van der Waals surface area contributed by atoms with Gasteiger partial charge in [-0.05, 0) is 57.1 Å². The van der Waals surface area contributed by atoms with E-state index in [0.29, 0.717) is 5.92 Å². The van der Waals surface area contributed by atoms with E-state index in [-0.39, 0.29) is 5.92 Å². The van der Waals surface area contributed by atoms with Crippen LogP contribution >= 0.6 is 0 Å². The van der Waals surface area contributed by atoms with Crippen molar-refractivity contribution in [3.63, 3.8) is 0 Å². The van der Waals surface area contributed by atoms with Crippen molar-refractivity contribution >= 4 is 0 Å². The molecule has 2 rings (SSSR count). The largest absolute Gasteiger partial charge is 0.416 e. The third kappa shape index (κ3) is 4.20. The molecule has 2 unspecified atom stereocenters. The molecule has 0 aliphatic carbocycles. The molecule has 21 heavy (non-hydrogen) atoms. The third-order valence-corrected chi connectivity index (χ3v) is 4.32. The number of hydrogen-bond donors (Lipinski definition) is 1. The summed E-state index contributed by atoms with van der Waals surface area (Å²) in [5.74, 6) is 0.757. The number of nitrogens with one attached hydrogen (secondary N) is 1. The SMILES string of the molecule is CNCC(c1ccc(C(F)(F)F)cc1)C1CCCN(C)C1. The zero-order valence-corrected chi connectivity index (χ0v) is 12.6. The fourth-order valence-electron chi connectivity index (χ4n) is 3.23. The molecule has 1 saturated heterocycles. The van der Waals surface area contributed by atoms with Crippen LogP contribution in [0.1, 0.15) is 29.9 Å². The van der Waals surface area contributed by atoms with Gasteiger partial charge in [-0.3, -0.25) is 0 Å². The first-order valence-corrected chi connectivity index (χ1v) is 7.42. The van der Waals surface area contributed by atoms with Crippen molar-refractivity contribution in [2.45, 2.75) is 24.9 Å². The molecule has 0 spiro atoms. The Bertz CT molecular complexity index is 442. The number of nitrogens with zero attached hydrogens (tertiary/aromatic N) is 1. The lowest BCUT2D eigenvalue weighted by Gasteiger charge is -2.35. The Labute approximate surface area is 124 Å². The maximum atomic E-state index is 12.7. The van der Waals surface area contributed by atoms with Crippen LogP contribution in [0.4, 0.5) is 13.2 Å². The highest BCUT2D eigenvalue weighted by Gasteiger charge is 2.31. The van der Waals surface area contributed by atoms with Crippen LogP contribution < -0.4 is 5.32 Å². The van der Waals surface area contributed by atoms with Gasteiger partial charge in [-0.2, -0.15) is 13.2 Å². The maximum Gasteiger partial charge on any atom is 0.416 e. The highest BCUT2D eigenvalue weighted by atomic mass is 19.4. The Morgan fingerprint density at radius 1 is 1.29 bits per heavy atom. The van der Waals surface area contributed by atoms with E-state index < -0.39 is 11.7 Å². The monoisotopic (exact) mass is 300 g/mol. The summed E-state index contributed by atoms with van der Waals surface area (Å²) in [6, 6.07) is 5.67. The molecule has 1 fully saturated rings. The predicted octanol–water partition coefficient (Wildman–Crippen LogP) is 3.35. The number of piperidine rings is 1. The average Bonchev–Trinajstić information content (AvgIpc) is 2.44. The van der Waals surface area contributed by atoms with Crippen LogP contribution in [0.25, 0.3) is 0 Å². The van der Waals surface area contributed by atoms with Crippen LogP contribution in [0.15, 0.2) is 24.3 Å². The Morgan fingerprint density at radius 2 is 1.95 bits per heavy atom. The molecular weight excluding hydrogens is 277 g/mol. The normalized spacial score (nSPS) is 22.2. The van der Waals surface area contributed by atoms with Crippen molar-refractivity contribution in [3.8, 4) is 0 Å². The number of rotatable bonds is 4. The molecule has 0 saturated carbocycles. The van der Waals surface area contributed by atoms with Gasteiger partial charge in [-0.15, -0.1) is 0 Å². The molecule has 1 aromatic carbocycles. The van der Waals surface area contributed by atoms with Crippen molar-refractivity contribution in [2.75, 3.05) is 33.7 Å². The van der Waals surface area contributed by atoms with Crippen molar-refractivity contribution in [2.24, 2.45) is 5.92 Å². The first-order valence-electron chi connectivity index (χ1n) is 7.42. The van der Waals surface area contributed by atoms with Gasteiger partial charge in [0.05, 0.1) is 5.56 Å². The van der Waals surface area contributed by atoms with Gasteiger partial charge in [0.1, 0.15) is 0 Å². The van der Waals surface area contributed by atoms with Gasteiger partial charge in [0.25, 0.3) is 0 Å². The zero-order chi connectivity index (χ0) is 15.5. The van der Waals surface area contributed by atoms with Crippen molar-refractivity contribution in [1.29, 1.82) is 0 Å². The molecule has 1 aliphatic heterocycles. The van der Waals surface area contributed by atoms with E-state index >= 15 is 0 Å². The van der Waals surface area contributed by atoms with E-state index in [9.17, 15) is 13.2 Å². The van der Waals surface area contributed by atoms with Crippen LogP contribution in [-0.2, 0) is 6.18 Å². The van der Waals surface area contributed by atoms with Gasteiger partial charge in [0, 0.05) is 19.0 Å². The van der Waals surface area contributed by atoms with E-state index in [1.165, 1.54) is 12.1 Å². The molecule has 1 aliphatic rings. The molecule has 1 aromatic rings. The highest BCUT2D eigenvalue weighted by Crippen LogP contribution is 2.34. The van der Waals surface area contributed by atoms with Crippen LogP contribution in [0.3, 0.4) is 0 Å². The number of halogens is 3. The Kier molecular flexibility index (Phi) is 5.27. The second-order valence-corrected chi connectivity index (χ2v) is 5.95. The summed E-state index contributed by atoms with van der Waals surface area (Å²) in [5, 5.41) is 3.18. The number of likely N-dealkylation sites (tertiary alicyclic amines) is 1. The van der Waals surface area contributed by atoms with E-state index in [1.807, 2.05) is 7.05 Å². The molecule has 0 radical (unpaired) electrons. The highest BCUT2D eigenvalue weighted by molar-refractivity contribution is 5.28. The van der Waals surface area contributed by atoms with Gasteiger partial charge in [-0.1, -0.05) is 12.1 Å². The lowest BCUT2D eigenvalue weighted by Crippen LogP contribution is -2.37. The quantitative estimate of drug-likeness (QED) is 0.917. The van der Waals surface area contributed by atoms with E-state index in [2.05, 4.69) is 17.3 Å². The molecule has 0 aromatic heterocycles. The number of benzene rings is 1. The van der Waals surface area contributed by atoms with Gasteiger partial charge in [0.2, 0.25) is 0 Å².